The van der Waals surface area contributed by atoms with Crippen molar-refractivity contribution < 1.29 is 4.79 Å². The van der Waals surface area contributed by atoms with Gasteiger partial charge in [0.1, 0.15) is 11.0 Å². The van der Waals surface area contributed by atoms with Gasteiger partial charge < -0.3 is 5.32 Å². The van der Waals surface area contributed by atoms with Gasteiger partial charge in [0.15, 0.2) is 0 Å². The Morgan fingerprint density at radius 3 is 2.57 bits per heavy atom. The Balaban J connectivity index is 1.23. The minimum absolute atomic E-state index is 0.0298. The summed E-state index contributed by atoms with van der Waals surface area (Å²) in [6, 6.07) is 9.04. The molecule has 144 valence electrons. The second-order valence-electron chi connectivity index (χ2n) is 7.82. The lowest BCUT2D eigenvalue weighted by Gasteiger charge is -2.29. The molecule has 0 unspecified atom stereocenters. The van der Waals surface area contributed by atoms with Gasteiger partial charge >= 0.3 is 0 Å². The van der Waals surface area contributed by atoms with E-state index in [4.69, 9.17) is 0 Å². The molecule has 8 heteroatoms. The Labute approximate surface area is 161 Å². The van der Waals surface area contributed by atoms with Crippen LogP contribution in [0.1, 0.15) is 66.5 Å². The standard InChI is InChI=1S/C20H22N6O2/c27-19-10-9-16(12-1-2-12)24-26(19)15-6-4-14(5-7-15)21-20(28)13-3-8-17-18(11-13)23-25-22-17/h3,8-12,14-15H,1-2,4-7H2,(H,21,28)(H,22,23,25). The zero-order valence-electron chi connectivity index (χ0n) is 15.5. The molecule has 2 saturated carbocycles. The van der Waals surface area contributed by atoms with Gasteiger partial charge in [-0.1, -0.05) is 0 Å². The molecule has 28 heavy (non-hydrogen) atoms. The van der Waals surface area contributed by atoms with Crippen molar-refractivity contribution in [3.8, 4) is 0 Å². The third kappa shape index (κ3) is 3.30. The third-order valence-corrected chi connectivity index (χ3v) is 5.80. The van der Waals surface area contributed by atoms with Gasteiger partial charge in [-0.15, -0.1) is 0 Å². The molecule has 2 aromatic heterocycles. The lowest BCUT2D eigenvalue weighted by molar-refractivity contribution is 0.0921. The molecule has 2 aliphatic carbocycles. The smallest absolute Gasteiger partial charge is 0.267 e. The Bertz CT molecular complexity index is 1080. The van der Waals surface area contributed by atoms with E-state index in [0.717, 1.165) is 36.9 Å². The maximum atomic E-state index is 12.6. The molecular weight excluding hydrogens is 356 g/mol. The molecule has 0 bridgehead atoms. The average Bonchev–Trinajstić information content (AvgIpc) is 3.46. The fourth-order valence-electron chi connectivity index (χ4n) is 4.01. The van der Waals surface area contributed by atoms with E-state index in [1.807, 2.05) is 6.07 Å². The molecule has 0 aliphatic heterocycles. The minimum Gasteiger partial charge on any atom is -0.349 e. The number of hydrogen-bond acceptors (Lipinski definition) is 5. The Kier molecular flexibility index (Phi) is 4.18. The molecular formula is C20H22N6O2. The quantitative estimate of drug-likeness (QED) is 0.725. The summed E-state index contributed by atoms with van der Waals surface area (Å²) in [5.41, 5.74) is 3.01. The van der Waals surface area contributed by atoms with Crippen LogP contribution in [0.5, 0.6) is 0 Å². The summed E-state index contributed by atoms with van der Waals surface area (Å²) in [7, 11) is 0. The molecule has 5 rings (SSSR count). The second-order valence-corrected chi connectivity index (χ2v) is 7.82. The van der Waals surface area contributed by atoms with Gasteiger partial charge in [-0.3, -0.25) is 9.59 Å². The Hall–Kier alpha value is -3.03. The number of carbonyl (C=O) groups excluding carboxylic acids is 1. The summed E-state index contributed by atoms with van der Waals surface area (Å²) in [6.07, 6.45) is 5.70. The molecule has 0 atom stereocenters. The molecule has 0 spiro atoms. The highest BCUT2D eigenvalue weighted by molar-refractivity contribution is 5.97. The number of nitrogens with one attached hydrogen (secondary N) is 2. The molecule has 1 amide bonds. The SMILES string of the molecule is O=C(NC1CCC(n2nc(C3CC3)ccc2=O)CC1)c1ccc2n[nH]nc2c1. The van der Waals surface area contributed by atoms with Crippen LogP contribution in [0.3, 0.4) is 0 Å². The number of rotatable bonds is 4. The van der Waals surface area contributed by atoms with Gasteiger partial charge in [0, 0.05) is 23.6 Å². The van der Waals surface area contributed by atoms with Gasteiger partial charge in [0.2, 0.25) is 0 Å². The van der Waals surface area contributed by atoms with Crippen molar-refractivity contribution in [3.63, 3.8) is 0 Å². The normalized spacial score (nSPS) is 22.3. The van der Waals surface area contributed by atoms with E-state index in [0.29, 0.717) is 17.0 Å². The predicted octanol–water partition coefficient (Wildman–Crippen LogP) is 2.31. The maximum absolute atomic E-state index is 12.6. The first kappa shape index (κ1) is 17.1. The predicted molar refractivity (Wildman–Crippen MR) is 103 cm³/mol. The summed E-state index contributed by atoms with van der Waals surface area (Å²) >= 11 is 0. The van der Waals surface area contributed by atoms with Crippen LogP contribution in [0, 0.1) is 0 Å². The van der Waals surface area contributed by atoms with Crippen LogP contribution in [0.15, 0.2) is 35.1 Å². The molecule has 1 aromatic carbocycles. The molecule has 2 heterocycles. The third-order valence-electron chi connectivity index (χ3n) is 5.80. The largest absolute Gasteiger partial charge is 0.349 e. The summed E-state index contributed by atoms with van der Waals surface area (Å²) in [6.45, 7) is 0. The van der Waals surface area contributed by atoms with Crippen molar-refractivity contribution in [2.24, 2.45) is 0 Å². The average molecular weight is 378 g/mol. The first-order valence-corrected chi connectivity index (χ1v) is 9.88. The van der Waals surface area contributed by atoms with Crippen LogP contribution in [0.25, 0.3) is 11.0 Å². The number of amides is 1. The van der Waals surface area contributed by atoms with Gasteiger partial charge in [0.05, 0.1) is 11.7 Å². The van der Waals surface area contributed by atoms with Crippen molar-refractivity contribution in [2.75, 3.05) is 0 Å². The highest BCUT2D eigenvalue weighted by Crippen LogP contribution is 2.38. The summed E-state index contributed by atoms with van der Waals surface area (Å²) < 4.78 is 1.67. The second kappa shape index (κ2) is 6.85. The molecule has 8 nitrogen and oxygen atoms in total. The first-order chi connectivity index (χ1) is 13.7. The molecule has 2 fully saturated rings. The number of benzene rings is 1. The molecule has 2 aliphatic rings. The van der Waals surface area contributed by atoms with E-state index in [1.54, 1.807) is 28.9 Å². The van der Waals surface area contributed by atoms with Crippen LogP contribution in [0.2, 0.25) is 0 Å². The van der Waals surface area contributed by atoms with Gasteiger partial charge in [-0.25, -0.2) is 4.68 Å². The van der Waals surface area contributed by atoms with E-state index in [9.17, 15) is 9.59 Å². The number of H-pyrrole nitrogens is 1. The number of hydrogen-bond donors (Lipinski definition) is 2. The van der Waals surface area contributed by atoms with Crippen molar-refractivity contribution in [1.82, 2.24) is 30.5 Å². The first-order valence-electron chi connectivity index (χ1n) is 9.88. The summed E-state index contributed by atoms with van der Waals surface area (Å²) in [5, 5.41) is 18.3. The maximum Gasteiger partial charge on any atom is 0.267 e. The number of aromatic amines is 1. The Morgan fingerprint density at radius 2 is 1.79 bits per heavy atom. The van der Waals surface area contributed by atoms with E-state index in [-0.39, 0.29) is 23.6 Å². The molecule has 2 N–H and O–H groups in total. The van der Waals surface area contributed by atoms with Gasteiger partial charge in [-0.05, 0) is 62.8 Å². The van der Waals surface area contributed by atoms with Crippen LogP contribution in [-0.2, 0) is 0 Å². The van der Waals surface area contributed by atoms with Crippen molar-refractivity contribution in [2.45, 2.75) is 56.5 Å². The summed E-state index contributed by atoms with van der Waals surface area (Å²) in [5.74, 6) is 0.434. The fraction of sp³-hybridized carbons (Fsp3) is 0.450. The van der Waals surface area contributed by atoms with Crippen LogP contribution < -0.4 is 10.9 Å². The van der Waals surface area contributed by atoms with E-state index >= 15 is 0 Å². The fourth-order valence-corrected chi connectivity index (χ4v) is 4.01. The number of fused-ring (bicyclic) bond motifs is 1. The zero-order valence-corrected chi connectivity index (χ0v) is 15.5. The number of nitrogens with zero attached hydrogens (tertiary/aromatic N) is 4. The zero-order chi connectivity index (χ0) is 19.1. The van der Waals surface area contributed by atoms with Crippen LogP contribution in [0.4, 0.5) is 0 Å². The highest BCUT2D eigenvalue weighted by Gasteiger charge is 2.28. The molecule has 3 aromatic rings. The summed E-state index contributed by atoms with van der Waals surface area (Å²) in [4.78, 5) is 24.8. The van der Waals surface area contributed by atoms with Gasteiger partial charge in [-0.2, -0.15) is 20.5 Å². The number of carbonyl (C=O) groups is 1. The van der Waals surface area contributed by atoms with Crippen LogP contribution >= 0.6 is 0 Å². The van der Waals surface area contributed by atoms with E-state index in [2.05, 4.69) is 25.8 Å². The Morgan fingerprint density at radius 1 is 1.00 bits per heavy atom. The lowest BCUT2D eigenvalue weighted by Crippen LogP contribution is -2.39. The van der Waals surface area contributed by atoms with E-state index < -0.39 is 0 Å². The van der Waals surface area contributed by atoms with Gasteiger partial charge in [0.25, 0.3) is 11.5 Å². The number of aromatic nitrogens is 5. The minimum atomic E-state index is -0.0978. The molecule has 0 radical (unpaired) electrons. The van der Waals surface area contributed by atoms with Crippen molar-refractivity contribution >= 4 is 16.9 Å². The monoisotopic (exact) mass is 378 g/mol. The van der Waals surface area contributed by atoms with Crippen molar-refractivity contribution in [1.29, 1.82) is 0 Å². The molecule has 0 saturated heterocycles. The topological polar surface area (TPSA) is 106 Å². The van der Waals surface area contributed by atoms with E-state index in [1.165, 1.54) is 12.8 Å². The highest BCUT2D eigenvalue weighted by atomic mass is 16.1. The lowest BCUT2D eigenvalue weighted by atomic mass is 9.91. The van der Waals surface area contributed by atoms with Crippen LogP contribution in [-0.4, -0.2) is 37.1 Å². The van der Waals surface area contributed by atoms with Crippen molar-refractivity contribution in [3.05, 3.63) is 51.9 Å².